The van der Waals surface area contributed by atoms with Gasteiger partial charge < -0.3 is 10.2 Å². The van der Waals surface area contributed by atoms with Crippen LogP contribution in [0.2, 0.25) is 0 Å². The van der Waals surface area contributed by atoms with E-state index < -0.39 is 10.0 Å². The van der Waals surface area contributed by atoms with Crippen molar-refractivity contribution in [2.24, 2.45) is 16.7 Å². The predicted octanol–water partition coefficient (Wildman–Crippen LogP) is 2.08. The molecule has 0 unspecified atom stereocenters. The summed E-state index contributed by atoms with van der Waals surface area (Å²) < 4.78 is 27.6. The fourth-order valence-corrected chi connectivity index (χ4v) is 7.74. The minimum absolute atomic E-state index is 0.0655. The van der Waals surface area contributed by atoms with E-state index in [1.807, 2.05) is 30.3 Å². The van der Waals surface area contributed by atoms with Crippen LogP contribution >= 0.6 is 0 Å². The largest absolute Gasteiger partial charge is 0.359 e. The molecule has 1 aromatic carbocycles. The minimum atomic E-state index is -3.31. The van der Waals surface area contributed by atoms with E-state index >= 15 is 0 Å². The number of nitrogens with zero attached hydrogens (tertiary/aromatic N) is 2. The first-order valence-electron chi connectivity index (χ1n) is 10.8. The minimum Gasteiger partial charge on any atom is -0.359 e. The Hall–Kier alpha value is -1.44. The van der Waals surface area contributed by atoms with Gasteiger partial charge in [-0.1, -0.05) is 37.3 Å². The highest BCUT2D eigenvalue weighted by Crippen LogP contribution is 2.62. The summed E-state index contributed by atoms with van der Waals surface area (Å²) in [4.78, 5) is 15.3. The number of hydrogen-bond donors (Lipinski definition) is 1. The average Bonchev–Trinajstić information content (AvgIpc) is 3.25. The van der Waals surface area contributed by atoms with Crippen LogP contribution in [-0.2, 0) is 20.6 Å². The number of nitrogens with one attached hydrogen (secondary N) is 1. The number of hydrogen-bond acceptors (Lipinski definition) is 4. The Morgan fingerprint density at radius 3 is 2.45 bits per heavy atom. The Kier molecular flexibility index (Phi) is 5.51. The molecule has 2 heterocycles. The molecule has 1 N–H and O–H groups in total. The molecular weight excluding hydrogens is 386 g/mol. The van der Waals surface area contributed by atoms with Gasteiger partial charge in [0.25, 0.3) is 0 Å². The molecule has 2 atom stereocenters. The molecule has 2 saturated heterocycles. The number of piperidine rings is 1. The fraction of sp³-hybridized carbons (Fsp3) is 0.682. The molecule has 3 fully saturated rings. The molecule has 1 aromatic rings. The lowest BCUT2D eigenvalue weighted by Crippen LogP contribution is -2.49. The topological polar surface area (TPSA) is 69.7 Å². The first-order valence-corrected chi connectivity index (χ1v) is 12.4. The molecule has 1 aliphatic carbocycles. The van der Waals surface area contributed by atoms with E-state index in [0.717, 1.165) is 50.9 Å². The molecule has 4 rings (SSSR count). The molecule has 0 aromatic heterocycles. The summed E-state index contributed by atoms with van der Waals surface area (Å²) in [6, 6.07) is 9.41. The van der Waals surface area contributed by atoms with Gasteiger partial charge in [0.1, 0.15) is 0 Å². The Balaban J connectivity index is 1.49. The Morgan fingerprint density at radius 2 is 1.83 bits per heavy atom. The van der Waals surface area contributed by atoms with Crippen molar-refractivity contribution < 1.29 is 13.2 Å². The van der Waals surface area contributed by atoms with Crippen LogP contribution in [0.5, 0.6) is 0 Å². The SMILES string of the molecule is CCN1C[C@H]2C3(CCN(S(=O)(=O)Cc4ccccc4)CC3)CC[C@@]2(C(=O)NC)C1. The number of amides is 1. The zero-order valence-corrected chi connectivity index (χ0v) is 18.4. The summed E-state index contributed by atoms with van der Waals surface area (Å²) in [5.74, 6) is 0.569. The number of carbonyl (C=O) groups excluding carboxylic acids is 1. The van der Waals surface area contributed by atoms with Gasteiger partial charge >= 0.3 is 0 Å². The van der Waals surface area contributed by atoms with Crippen LogP contribution in [0.3, 0.4) is 0 Å². The normalized spacial score (nSPS) is 29.8. The summed E-state index contributed by atoms with van der Waals surface area (Å²) >= 11 is 0. The summed E-state index contributed by atoms with van der Waals surface area (Å²) in [5, 5.41) is 2.92. The van der Waals surface area contributed by atoms with Crippen molar-refractivity contribution in [2.45, 2.75) is 38.4 Å². The quantitative estimate of drug-likeness (QED) is 0.793. The number of likely N-dealkylation sites (tertiary alicyclic amines) is 1. The van der Waals surface area contributed by atoms with Gasteiger partial charge in [-0.3, -0.25) is 4.79 Å². The van der Waals surface area contributed by atoms with E-state index in [0.29, 0.717) is 19.0 Å². The van der Waals surface area contributed by atoms with Crippen LogP contribution < -0.4 is 5.32 Å². The number of benzene rings is 1. The lowest BCUT2D eigenvalue weighted by Gasteiger charge is -2.44. The number of sulfonamides is 1. The Labute approximate surface area is 174 Å². The molecule has 6 nitrogen and oxygen atoms in total. The fourth-order valence-electron chi connectivity index (χ4n) is 6.20. The van der Waals surface area contributed by atoms with E-state index in [1.54, 1.807) is 11.4 Å². The van der Waals surface area contributed by atoms with Crippen molar-refractivity contribution in [3.05, 3.63) is 35.9 Å². The van der Waals surface area contributed by atoms with Crippen molar-refractivity contribution in [1.82, 2.24) is 14.5 Å². The smallest absolute Gasteiger partial charge is 0.227 e. The molecule has 3 aliphatic rings. The third kappa shape index (κ3) is 3.51. The van der Waals surface area contributed by atoms with Gasteiger partial charge in [-0.05, 0) is 49.1 Å². The molecule has 0 bridgehead atoms. The lowest BCUT2D eigenvalue weighted by molar-refractivity contribution is -0.132. The molecule has 7 heteroatoms. The third-order valence-electron chi connectivity index (χ3n) is 7.85. The zero-order chi connectivity index (χ0) is 20.7. The van der Waals surface area contributed by atoms with Gasteiger partial charge in [0, 0.05) is 33.2 Å². The van der Waals surface area contributed by atoms with Gasteiger partial charge in [0.05, 0.1) is 11.2 Å². The summed E-state index contributed by atoms with van der Waals surface area (Å²) in [6.07, 6.45) is 3.68. The van der Waals surface area contributed by atoms with Crippen molar-refractivity contribution in [1.29, 1.82) is 0 Å². The van der Waals surface area contributed by atoms with Gasteiger partial charge in [0.2, 0.25) is 15.9 Å². The standard InChI is InChI=1S/C22H33N3O3S/c1-3-24-15-19-21(9-10-22(19,17-24)20(26)23-2)11-13-25(14-12-21)29(27,28)16-18-7-5-4-6-8-18/h4-8,19H,3,9-17H2,1-2H3,(H,23,26)/t19-,22+/m0/s1. The highest BCUT2D eigenvalue weighted by atomic mass is 32.2. The second-order valence-electron chi connectivity index (χ2n) is 9.12. The van der Waals surface area contributed by atoms with Crippen LogP contribution in [0.1, 0.15) is 38.2 Å². The molecule has 1 spiro atoms. The number of fused-ring (bicyclic) bond motifs is 2. The van der Waals surface area contributed by atoms with E-state index in [1.165, 1.54) is 0 Å². The van der Waals surface area contributed by atoms with E-state index in [-0.39, 0.29) is 22.5 Å². The molecule has 0 radical (unpaired) electrons. The maximum Gasteiger partial charge on any atom is 0.227 e. The average molecular weight is 420 g/mol. The first kappa shape index (κ1) is 20.8. The van der Waals surface area contributed by atoms with Crippen molar-refractivity contribution in [2.75, 3.05) is 39.8 Å². The molecule has 1 amide bonds. The molecule has 1 saturated carbocycles. The van der Waals surface area contributed by atoms with Crippen LogP contribution in [-0.4, -0.2) is 63.3 Å². The van der Waals surface area contributed by atoms with E-state index in [9.17, 15) is 13.2 Å². The zero-order valence-electron chi connectivity index (χ0n) is 17.6. The third-order valence-corrected chi connectivity index (χ3v) is 9.70. The number of rotatable bonds is 5. The van der Waals surface area contributed by atoms with Gasteiger partial charge in [-0.25, -0.2) is 12.7 Å². The van der Waals surface area contributed by atoms with Crippen molar-refractivity contribution in [3.8, 4) is 0 Å². The van der Waals surface area contributed by atoms with Crippen LogP contribution in [0.25, 0.3) is 0 Å². The van der Waals surface area contributed by atoms with Gasteiger partial charge in [-0.2, -0.15) is 0 Å². The first-order chi connectivity index (χ1) is 13.9. The molecule has 2 aliphatic heterocycles. The molecular formula is C22H33N3O3S. The maximum absolute atomic E-state index is 13.0. The highest BCUT2D eigenvalue weighted by molar-refractivity contribution is 7.88. The van der Waals surface area contributed by atoms with Crippen LogP contribution in [0.4, 0.5) is 0 Å². The monoisotopic (exact) mass is 419 g/mol. The van der Waals surface area contributed by atoms with E-state index in [4.69, 9.17) is 0 Å². The van der Waals surface area contributed by atoms with Crippen LogP contribution in [0.15, 0.2) is 30.3 Å². The highest BCUT2D eigenvalue weighted by Gasteiger charge is 2.64. The van der Waals surface area contributed by atoms with Gasteiger partial charge in [-0.15, -0.1) is 0 Å². The Bertz CT molecular complexity index is 849. The number of carbonyl (C=O) groups is 1. The summed E-state index contributed by atoms with van der Waals surface area (Å²) in [7, 11) is -1.57. The van der Waals surface area contributed by atoms with Gasteiger partial charge in [0.15, 0.2) is 0 Å². The second-order valence-corrected chi connectivity index (χ2v) is 11.1. The van der Waals surface area contributed by atoms with Crippen molar-refractivity contribution >= 4 is 15.9 Å². The second kappa shape index (κ2) is 7.67. The maximum atomic E-state index is 13.0. The molecule has 160 valence electrons. The lowest BCUT2D eigenvalue weighted by atomic mass is 9.66. The summed E-state index contributed by atoms with van der Waals surface area (Å²) in [6.45, 7) is 6.06. The molecule has 29 heavy (non-hydrogen) atoms. The Morgan fingerprint density at radius 1 is 1.14 bits per heavy atom. The summed E-state index contributed by atoms with van der Waals surface area (Å²) in [5.41, 5.74) is 0.632. The predicted molar refractivity (Wildman–Crippen MR) is 114 cm³/mol. The van der Waals surface area contributed by atoms with Crippen molar-refractivity contribution in [3.63, 3.8) is 0 Å². The van der Waals surface area contributed by atoms with Crippen LogP contribution in [0, 0.1) is 16.7 Å². The van der Waals surface area contributed by atoms with E-state index in [2.05, 4.69) is 17.1 Å².